The first-order valence-electron chi connectivity index (χ1n) is 8.98. The molecule has 2 rings (SSSR count). The Balaban J connectivity index is 0.00000338. The molecular formula is C19H29F3IN3. The summed E-state index contributed by atoms with van der Waals surface area (Å²) in [5, 5.41) is 3.21. The summed E-state index contributed by atoms with van der Waals surface area (Å²) in [4.78, 5) is 6.52. The van der Waals surface area contributed by atoms with Crippen molar-refractivity contribution in [1.29, 1.82) is 0 Å². The van der Waals surface area contributed by atoms with E-state index in [9.17, 15) is 13.2 Å². The quantitative estimate of drug-likeness (QED) is 0.275. The van der Waals surface area contributed by atoms with Crippen LogP contribution in [0.25, 0.3) is 0 Å². The largest absolute Gasteiger partial charge is 0.389 e. The van der Waals surface area contributed by atoms with E-state index in [0.29, 0.717) is 24.8 Å². The second-order valence-electron chi connectivity index (χ2n) is 6.78. The molecule has 0 aromatic heterocycles. The summed E-state index contributed by atoms with van der Waals surface area (Å²) >= 11 is 0. The molecule has 3 nitrogen and oxygen atoms in total. The zero-order valence-electron chi connectivity index (χ0n) is 15.4. The monoisotopic (exact) mass is 483 g/mol. The van der Waals surface area contributed by atoms with Gasteiger partial charge in [-0.25, -0.2) is 0 Å². The summed E-state index contributed by atoms with van der Waals surface area (Å²) in [6.45, 7) is 4.59. The fourth-order valence-electron chi connectivity index (χ4n) is 3.52. The van der Waals surface area contributed by atoms with E-state index in [-0.39, 0.29) is 30.4 Å². The van der Waals surface area contributed by atoms with Gasteiger partial charge in [0.25, 0.3) is 0 Å². The predicted octanol–water partition coefficient (Wildman–Crippen LogP) is 5.04. The van der Waals surface area contributed by atoms with Crippen molar-refractivity contribution in [2.24, 2.45) is 10.9 Å². The number of likely N-dealkylation sites (tertiary alicyclic amines) is 1. The van der Waals surface area contributed by atoms with E-state index < -0.39 is 12.6 Å². The fraction of sp³-hybridized carbons (Fsp3) is 0.632. The Hall–Kier alpha value is -0.990. The van der Waals surface area contributed by atoms with Crippen LogP contribution in [0, 0.1) is 5.92 Å². The van der Waals surface area contributed by atoms with Crippen LogP contribution in [0.1, 0.15) is 44.1 Å². The SMILES string of the molecule is CN=C(NCCCCC(F)(F)F)N1CCC(c2ccccc2)C(C)C1.I. The van der Waals surface area contributed by atoms with E-state index in [2.05, 4.69) is 46.4 Å². The van der Waals surface area contributed by atoms with Gasteiger partial charge in [-0.05, 0) is 36.7 Å². The Kier molecular flexibility index (Phi) is 9.74. The van der Waals surface area contributed by atoms with Crippen LogP contribution in [-0.4, -0.2) is 43.7 Å². The summed E-state index contributed by atoms with van der Waals surface area (Å²) in [6.07, 6.45) is -3.07. The number of guanidine groups is 1. The number of halogens is 4. The van der Waals surface area contributed by atoms with Crippen LogP contribution in [0.2, 0.25) is 0 Å². The number of benzene rings is 1. The van der Waals surface area contributed by atoms with Crippen LogP contribution in [0.5, 0.6) is 0 Å². The van der Waals surface area contributed by atoms with E-state index in [1.54, 1.807) is 7.05 Å². The molecule has 0 aliphatic carbocycles. The first-order valence-corrected chi connectivity index (χ1v) is 8.98. The Morgan fingerprint density at radius 2 is 1.92 bits per heavy atom. The molecule has 1 heterocycles. The van der Waals surface area contributed by atoms with Crippen molar-refractivity contribution in [3.63, 3.8) is 0 Å². The maximum atomic E-state index is 12.2. The summed E-state index contributed by atoms with van der Waals surface area (Å²) in [7, 11) is 1.73. The number of alkyl halides is 3. The van der Waals surface area contributed by atoms with Crippen LogP contribution >= 0.6 is 24.0 Å². The van der Waals surface area contributed by atoms with Gasteiger partial charge in [-0.2, -0.15) is 13.2 Å². The van der Waals surface area contributed by atoms with Gasteiger partial charge >= 0.3 is 6.18 Å². The van der Waals surface area contributed by atoms with E-state index >= 15 is 0 Å². The smallest absolute Gasteiger partial charge is 0.356 e. The third-order valence-corrected chi connectivity index (χ3v) is 4.81. The Bertz CT molecular complexity index is 549. The molecule has 1 fully saturated rings. The zero-order valence-corrected chi connectivity index (χ0v) is 17.8. The molecule has 2 unspecified atom stereocenters. The highest BCUT2D eigenvalue weighted by molar-refractivity contribution is 14.0. The number of nitrogens with one attached hydrogen (secondary N) is 1. The van der Waals surface area contributed by atoms with Gasteiger partial charge < -0.3 is 10.2 Å². The third-order valence-electron chi connectivity index (χ3n) is 4.81. The minimum absolute atomic E-state index is 0. The van der Waals surface area contributed by atoms with Crippen LogP contribution in [0.15, 0.2) is 35.3 Å². The Morgan fingerprint density at radius 1 is 1.23 bits per heavy atom. The van der Waals surface area contributed by atoms with E-state index in [1.807, 2.05) is 6.07 Å². The van der Waals surface area contributed by atoms with Crippen molar-refractivity contribution in [1.82, 2.24) is 10.2 Å². The third kappa shape index (κ3) is 7.32. The number of unbranched alkanes of at least 4 members (excludes halogenated alkanes) is 1. The molecule has 0 radical (unpaired) electrons. The minimum Gasteiger partial charge on any atom is -0.356 e. The topological polar surface area (TPSA) is 27.6 Å². The van der Waals surface area contributed by atoms with Crippen molar-refractivity contribution in [3.05, 3.63) is 35.9 Å². The number of hydrogen-bond acceptors (Lipinski definition) is 1. The predicted molar refractivity (Wildman–Crippen MR) is 111 cm³/mol. The minimum atomic E-state index is -4.06. The maximum Gasteiger partial charge on any atom is 0.389 e. The van der Waals surface area contributed by atoms with Crippen molar-refractivity contribution in [2.75, 3.05) is 26.7 Å². The second kappa shape index (κ2) is 11.0. The van der Waals surface area contributed by atoms with Crippen LogP contribution in [-0.2, 0) is 0 Å². The first kappa shape index (κ1) is 23.0. The van der Waals surface area contributed by atoms with Crippen LogP contribution in [0.4, 0.5) is 13.2 Å². The molecule has 0 bridgehead atoms. The average Bonchev–Trinajstić information content (AvgIpc) is 2.58. The van der Waals surface area contributed by atoms with Crippen LogP contribution < -0.4 is 5.32 Å². The molecule has 0 saturated carbocycles. The van der Waals surface area contributed by atoms with Gasteiger partial charge in [-0.15, -0.1) is 24.0 Å². The van der Waals surface area contributed by atoms with Gasteiger partial charge in [0.15, 0.2) is 5.96 Å². The van der Waals surface area contributed by atoms with Gasteiger partial charge in [0.1, 0.15) is 0 Å². The lowest BCUT2D eigenvalue weighted by atomic mass is 9.82. The lowest BCUT2D eigenvalue weighted by Gasteiger charge is -2.39. The molecule has 1 aliphatic heterocycles. The number of aliphatic imine (C=N–C) groups is 1. The molecule has 0 amide bonds. The molecule has 1 saturated heterocycles. The summed E-state index contributed by atoms with van der Waals surface area (Å²) in [5.41, 5.74) is 1.38. The van der Waals surface area contributed by atoms with Crippen molar-refractivity contribution >= 4 is 29.9 Å². The normalized spacial score (nSPS) is 21.3. The molecule has 1 aromatic rings. The molecule has 0 spiro atoms. The standard InChI is InChI=1S/C19H28F3N3.HI/c1-15-14-25(13-10-17(15)16-8-4-3-5-9-16)18(23-2)24-12-7-6-11-19(20,21)22;/h3-5,8-9,15,17H,6-7,10-14H2,1-2H3,(H,23,24);1H. The second-order valence-corrected chi connectivity index (χ2v) is 6.78. The Labute approximate surface area is 171 Å². The number of nitrogens with zero attached hydrogens (tertiary/aromatic N) is 2. The zero-order chi connectivity index (χ0) is 18.3. The number of rotatable bonds is 5. The summed E-state index contributed by atoms with van der Waals surface area (Å²) in [5.74, 6) is 1.84. The molecule has 26 heavy (non-hydrogen) atoms. The summed E-state index contributed by atoms with van der Waals surface area (Å²) < 4.78 is 36.5. The van der Waals surface area contributed by atoms with Crippen molar-refractivity contribution < 1.29 is 13.2 Å². The number of hydrogen-bond donors (Lipinski definition) is 1. The van der Waals surface area contributed by atoms with Gasteiger partial charge in [0.05, 0.1) is 0 Å². The molecular weight excluding hydrogens is 454 g/mol. The fourth-order valence-corrected chi connectivity index (χ4v) is 3.52. The van der Waals surface area contributed by atoms with Crippen molar-refractivity contribution in [2.45, 2.75) is 44.7 Å². The van der Waals surface area contributed by atoms with E-state index in [0.717, 1.165) is 25.5 Å². The highest BCUT2D eigenvalue weighted by atomic mass is 127. The lowest BCUT2D eigenvalue weighted by Crippen LogP contribution is -2.48. The molecule has 7 heteroatoms. The lowest BCUT2D eigenvalue weighted by molar-refractivity contribution is -0.135. The van der Waals surface area contributed by atoms with Gasteiger partial charge in [0, 0.05) is 33.1 Å². The average molecular weight is 483 g/mol. The van der Waals surface area contributed by atoms with Gasteiger partial charge in [-0.3, -0.25) is 4.99 Å². The van der Waals surface area contributed by atoms with Crippen molar-refractivity contribution in [3.8, 4) is 0 Å². The highest BCUT2D eigenvalue weighted by Gasteiger charge is 2.29. The van der Waals surface area contributed by atoms with E-state index in [1.165, 1.54) is 5.56 Å². The summed E-state index contributed by atoms with van der Waals surface area (Å²) in [6, 6.07) is 10.6. The van der Waals surface area contributed by atoms with Crippen LogP contribution in [0.3, 0.4) is 0 Å². The van der Waals surface area contributed by atoms with Gasteiger partial charge in [-0.1, -0.05) is 37.3 Å². The Morgan fingerprint density at radius 3 is 2.50 bits per heavy atom. The van der Waals surface area contributed by atoms with E-state index in [4.69, 9.17) is 0 Å². The molecule has 148 valence electrons. The molecule has 2 atom stereocenters. The number of piperidine rings is 1. The van der Waals surface area contributed by atoms with Gasteiger partial charge in [0.2, 0.25) is 0 Å². The molecule has 1 N–H and O–H groups in total. The molecule has 1 aliphatic rings. The maximum absolute atomic E-state index is 12.2. The highest BCUT2D eigenvalue weighted by Crippen LogP contribution is 2.32. The molecule has 1 aromatic carbocycles. The first-order chi connectivity index (χ1) is 11.9.